The lowest BCUT2D eigenvalue weighted by Crippen LogP contribution is -2.68. The molecule has 2 aromatic carbocycles. The van der Waals surface area contributed by atoms with Crippen LogP contribution in [0.5, 0.6) is 0 Å². The highest BCUT2D eigenvalue weighted by Gasteiger charge is 2.52. The van der Waals surface area contributed by atoms with Gasteiger partial charge in [0.05, 0.1) is 6.10 Å². The molecule has 0 fully saturated rings. The molecule has 1 aliphatic rings. The van der Waals surface area contributed by atoms with Crippen LogP contribution in [0.25, 0.3) is 0 Å². The largest absolute Gasteiger partial charge is 0.400 e. The third kappa shape index (κ3) is 5.09. The zero-order valence-corrected chi connectivity index (χ0v) is 22.8. The maximum atomic E-state index is 7.44. The zero-order valence-electron chi connectivity index (χ0n) is 20.8. The van der Waals surface area contributed by atoms with E-state index in [-0.39, 0.29) is 17.1 Å². The molecular formula is C29H38OSi2. The predicted octanol–water partition coefficient (Wildman–Crippen LogP) is 6.33. The average molecular weight is 459 g/mol. The Bertz CT molecular complexity index is 988. The molecule has 0 bridgehead atoms. The minimum atomic E-state index is -2.64. The second-order valence-electron chi connectivity index (χ2n) is 11.0. The van der Waals surface area contributed by atoms with Crippen molar-refractivity contribution in [2.24, 2.45) is 5.92 Å². The number of rotatable bonds is 4. The summed E-state index contributed by atoms with van der Waals surface area (Å²) in [6, 6.07) is 21.7. The monoisotopic (exact) mass is 458 g/mol. The van der Waals surface area contributed by atoms with Crippen LogP contribution in [0.1, 0.15) is 34.1 Å². The van der Waals surface area contributed by atoms with Crippen molar-refractivity contribution in [2.45, 2.75) is 64.9 Å². The van der Waals surface area contributed by atoms with E-state index in [4.69, 9.17) is 4.43 Å². The van der Waals surface area contributed by atoms with Crippen LogP contribution >= 0.6 is 0 Å². The summed E-state index contributed by atoms with van der Waals surface area (Å²) >= 11 is 0. The van der Waals surface area contributed by atoms with E-state index in [2.05, 4.69) is 132 Å². The van der Waals surface area contributed by atoms with Gasteiger partial charge >= 0.3 is 0 Å². The Morgan fingerprint density at radius 3 is 1.84 bits per heavy atom. The summed E-state index contributed by atoms with van der Waals surface area (Å²) in [5.41, 5.74) is 5.93. The molecular weight excluding hydrogens is 420 g/mol. The van der Waals surface area contributed by atoms with Crippen molar-refractivity contribution in [3.63, 3.8) is 0 Å². The van der Waals surface area contributed by atoms with Gasteiger partial charge in [-0.25, -0.2) is 0 Å². The third-order valence-corrected chi connectivity index (χ3v) is 12.1. The Morgan fingerprint density at radius 2 is 1.41 bits per heavy atom. The SMILES string of the molecule is C=C1CC=C(C#C[Si](C)(C)C)[C@@H](C)[C@H]1O[Si](c1ccccc1)(c1ccccc1)C(C)(C)C. The summed E-state index contributed by atoms with van der Waals surface area (Å²) in [6.07, 6.45) is 3.06. The van der Waals surface area contributed by atoms with E-state index < -0.39 is 16.4 Å². The predicted molar refractivity (Wildman–Crippen MR) is 145 cm³/mol. The van der Waals surface area contributed by atoms with Crippen LogP contribution in [0.15, 0.2) is 84.5 Å². The fourth-order valence-electron chi connectivity index (χ4n) is 4.55. The maximum Gasteiger partial charge on any atom is 0.261 e. The summed E-state index contributed by atoms with van der Waals surface area (Å²) in [5, 5.41) is 2.56. The molecule has 0 unspecified atom stereocenters. The molecule has 3 rings (SSSR count). The van der Waals surface area contributed by atoms with Gasteiger partial charge in [-0.15, -0.1) is 5.54 Å². The first-order chi connectivity index (χ1) is 15.0. The van der Waals surface area contributed by atoms with E-state index in [1.54, 1.807) is 0 Å². The van der Waals surface area contributed by atoms with E-state index in [0.717, 1.165) is 12.0 Å². The molecule has 0 aliphatic heterocycles. The molecule has 32 heavy (non-hydrogen) atoms. The second kappa shape index (κ2) is 9.39. The highest BCUT2D eigenvalue weighted by Crippen LogP contribution is 2.41. The molecule has 1 nitrogen and oxygen atoms in total. The van der Waals surface area contributed by atoms with Crippen molar-refractivity contribution >= 4 is 26.8 Å². The molecule has 0 aromatic heterocycles. The first kappa shape index (κ1) is 24.5. The van der Waals surface area contributed by atoms with Crippen LogP contribution in [0.4, 0.5) is 0 Å². The lowest BCUT2D eigenvalue weighted by atomic mass is 9.84. The smallest absolute Gasteiger partial charge is 0.261 e. The average Bonchev–Trinajstić information content (AvgIpc) is 2.73. The fraction of sp³-hybridized carbons (Fsp3) is 0.379. The van der Waals surface area contributed by atoms with Gasteiger partial charge in [0.25, 0.3) is 8.32 Å². The summed E-state index contributed by atoms with van der Waals surface area (Å²) in [4.78, 5) is 0. The standard InChI is InChI=1S/C29H38OSi2/c1-23-19-20-25(21-22-31(6,7)8)24(2)28(23)30-32(29(3,4)5,26-15-11-9-12-16-26)27-17-13-10-14-18-27/h9-18,20,24,28H,1,19H2,2-8H3/t24-,28+/m1/s1. The van der Waals surface area contributed by atoms with E-state index in [9.17, 15) is 0 Å². The molecule has 0 N–H and O–H groups in total. The number of hydrogen-bond donors (Lipinski definition) is 0. The quantitative estimate of drug-likeness (QED) is 0.295. The number of benzene rings is 2. The molecule has 0 radical (unpaired) electrons. The Balaban J connectivity index is 2.14. The molecule has 0 spiro atoms. The number of hydrogen-bond acceptors (Lipinski definition) is 1. The van der Waals surface area contributed by atoms with Gasteiger partial charge in [0, 0.05) is 11.5 Å². The molecule has 168 valence electrons. The summed E-state index contributed by atoms with van der Waals surface area (Å²) in [6.45, 7) is 20.6. The minimum absolute atomic E-state index is 0.0442. The molecule has 0 heterocycles. The second-order valence-corrected chi connectivity index (χ2v) is 20.0. The van der Waals surface area contributed by atoms with E-state index in [0.29, 0.717) is 0 Å². The Kier molecular flexibility index (Phi) is 7.19. The molecule has 2 aromatic rings. The summed E-state index contributed by atoms with van der Waals surface area (Å²) in [5.74, 6) is 3.73. The van der Waals surface area contributed by atoms with Crippen molar-refractivity contribution in [1.82, 2.24) is 0 Å². The lowest BCUT2D eigenvalue weighted by Gasteiger charge is -2.47. The van der Waals surface area contributed by atoms with E-state index in [1.807, 2.05) is 0 Å². The van der Waals surface area contributed by atoms with Crippen LogP contribution in [0.3, 0.4) is 0 Å². The van der Waals surface area contributed by atoms with Crippen molar-refractivity contribution in [1.29, 1.82) is 0 Å². The van der Waals surface area contributed by atoms with Crippen molar-refractivity contribution < 1.29 is 4.43 Å². The molecule has 0 saturated heterocycles. The number of allylic oxidation sites excluding steroid dienone is 1. The van der Waals surface area contributed by atoms with Gasteiger partial charge in [0.15, 0.2) is 0 Å². The third-order valence-electron chi connectivity index (χ3n) is 6.23. The zero-order chi connectivity index (χ0) is 23.6. The van der Waals surface area contributed by atoms with Gasteiger partial charge in [-0.05, 0) is 27.4 Å². The van der Waals surface area contributed by atoms with Crippen LogP contribution in [0.2, 0.25) is 24.7 Å². The first-order valence-electron chi connectivity index (χ1n) is 11.7. The van der Waals surface area contributed by atoms with Crippen LogP contribution in [-0.2, 0) is 4.43 Å². The van der Waals surface area contributed by atoms with Crippen LogP contribution in [-0.4, -0.2) is 22.5 Å². The highest BCUT2D eigenvalue weighted by molar-refractivity contribution is 6.99. The fourth-order valence-corrected chi connectivity index (χ4v) is 9.84. The lowest BCUT2D eigenvalue weighted by molar-refractivity contribution is 0.176. The van der Waals surface area contributed by atoms with Crippen molar-refractivity contribution in [2.75, 3.05) is 0 Å². The van der Waals surface area contributed by atoms with Gasteiger partial charge < -0.3 is 4.43 Å². The molecule has 3 heteroatoms. The molecule has 1 aliphatic carbocycles. The minimum Gasteiger partial charge on any atom is -0.400 e. The van der Waals surface area contributed by atoms with Crippen molar-refractivity contribution in [3.05, 3.63) is 84.5 Å². The van der Waals surface area contributed by atoms with E-state index >= 15 is 0 Å². The first-order valence-corrected chi connectivity index (χ1v) is 17.1. The van der Waals surface area contributed by atoms with Gasteiger partial charge in [-0.3, -0.25) is 0 Å². The van der Waals surface area contributed by atoms with Crippen LogP contribution in [0, 0.1) is 17.4 Å². The Labute approximate surface area is 197 Å². The molecule has 0 amide bonds. The normalized spacial score (nSPS) is 19.7. The Morgan fingerprint density at radius 1 is 0.906 bits per heavy atom. The maximum absolute atomic E-state index is 7.44. The molecule has 0 saturated carbocycles. The van der Waals surface area contributed by atoms with Crippen LogP contribution < -0.4 is 10.4 Å². The summed E-state index contributed by atoms with van der Waals surface area (Å²) in [7, 11) is -4.09. The summed E-state index contributed by atoms with van der Waals surface area (Å²) < 4.78 is 7.44. The van der Waals surface area contributed by atoms with Gasteiger partial charge in [0.1, 0.15) is 8.07 Å². The Hall–Kier alpha value is -2.13. The highest BCUT2D eigenvalue weighted by atomic mass is 28.4. The van der Waals surface area contributed by atoms with Gasteiger partial charge in [0.2, 0.25) is 0 Å². The van der Waals surface area contributed by atoms with Gasteiger partial charge in [-0.2, -0.15) is 0 Å². The topological polar surface area (TPSA) is 9.23 Å². The van der Waals surface area contributed by atoms with Gasteiger partial charge in [-0.1, -0.05) is 127 Å². The van der Waals surface area contributed by atoms with E-state index in [1.165, 1.54) is 15.9 Å². The van der Waals surface area contributed by atoms with Crippen molar-refractivity contribution in [3.8, 4) is 11.5 Å². The molecule has 2 atom stereocenters.